The van der Waals surface area contributed by atoms with E-state index in [1.165, 1.54) is 0 Å². The summed E-state index contributed by atoms with van der Waals surface area (Å²) in [5, 5.41) is 18.0. The molecule has 0 amide bonds. The lowest BCUT2D eigenvalue weighted by Gasteiger charge is -2.04. The predicted octanol–water partition coefficient (Wildman–Crippen LogP) is -0.165. The van der Waals surface area contributed by atoms with Crippen LogP contribution in [-0.4, -0.2) is 32.1 Å². The summed E-state index contributed by atoms with van der Waals surface area (Å²) in [5.74, 6) is 1.92. The first-order valence-electron chi connectivity index (χ1n) is 5.22. The third kappa shape index (κ3) is 2.66. The summed E-state index contributed by atoms with van der Waals surface area (Å²) in [7, 11) is -1.45. The Hall–Kier alpha value is -1.79. The van der Waals surface area contributed by atoms with E-state index in [-0.39, 0.29) is 0 Å². The minimum atomic E-state index is -1.45. The molecule has 86 valence electrons. The average molecular weight is 229 g/mol. The maximum atomic E-state index is 8.99. The molecule has 5 nitrogen and oxygen atoms in total. The minimum absolute atomic E-state index is 0.441. The van der Waals surface area contributed by atoms with Gasteiger partial charge >= 0.3 is 7.12 Å². The van der Waals surface area contributed by atoms with Crippen molar-refractivity contribution >= 4 is 12.6 Å². The van der Waals surface area contributed by atoms with Gasteiger partial charge in [0.05, 0.1) is 0 Å². The Morgan fingerprint density at radius 2 is 1.41 bits per heavy atom. The molecule has 2 rings (SSSR count). The lowest BCUT2D eigenvalue weighted by atomic mass is 9.80. The Bertz CT molecular complexity index is 508. The first-order valence-corrected chi connectivity index (χ1v) is 5.22. The molecule has 0 aliphatic carbocycles. The fourth-order valence-corrected chi connectivity index (χ4v) is 1.55. The van der Waals surface area contributed by atoms with Crippen molar-refractivity contribution in [3.8, 4) is 11.4 Å². The van der Waals surface area contributed by atoms with Gasteiger partial charge in [-0.15, -0.1) is 0 Å². The van der Waals surface area contributed by atoms with Crippen LogP contribution in [-0.2, 0) is 0 Å². The van der Waals surface area contributed by atoms with Gasteiger partial charge in [-0.1, -0.05) is 24.3 Å². The summed E-state index contributed by atoms with van der Waals surface area (Å²) in [6.45, 7) is 3.62. The molecular formula is C11H12BN3O2. The standard InChI is InChI=1S/C11H12BN3O2/c1-7-13-8(2)15-11(14-7)9-3-5-10(6-4-9)12(16)17/h3-6,16-17H,1-2H3. The van der Waals surface area contributed by atoms with Crippen LogP contribution in [0.4, 0.5) is 0 Å². The van der Waals surface area contributed by atoms with Gasteiger partial charge < -0.3 is 10.0 Å². The van der Waals surface area contributed by atoms with Crippen molar-refractivity contribution in [2.24, 2.45) is 0 Å². The molecule has 2 N–H and O–H groups in total. The van der Waals surface area contributed by atoms with Crippen molar-refractivity contribution in [2.45, 2.75) is 13.8 Å². The molecule has 0 atom stereocenters. The quantitative estimate of drug-likeness (QED) is 0.699. The highest BCUT2D eigenvalue weighted by Crippen LogP contribution is 2.13. The molecule has 0 spiro atoms. The molecule has 0 aliphatic heterocycles. The van der Waals surface area contributed by atoms with Crippen LogP contribution in [0.2, 0.25) is 0 Å². The molecule has 0 fully saturated rings. The van der Waals surface area contributed by atoms with Gasteiger partial charge in [-0.2, -0.15) is 0 Å². The van der Waals surface area contributed by atoms with Gasteiger partial charge in [0.2, 0.25) is 0 Å². The molecular weight excluding hydrogens is 217 g/mol. The number of hydrogen-bond donors (Lipinski definition) is 2. The zero-order valence-corrected chi connectivity index (χ0v) is 9.62. The predicted molar refractivity (Wildman–Crippen MR) is 64.6 cm³/mol. The fraction of sp³-hybridized carbons (Fsp3) is 0.182. The Kier molecular flexibility index (Phi) is 3.17. The van der Waals surface area contributed by atoms with Gasteiger partial charge in [-0.05, 0) is 19.3 Å². The summed E-state index contributed by atoms with van der Waals surface area (Å²) < 4.78 is 0. The van der Waals surface area contributed by atoms with Crippen LogP contribution in [0.15, 0.2) is 24.3 Å². The zero-order chi connectivity index (χ0) is 12.4. The van der Waals surface area contributed by atoms with E-state index in [1.807, 2.05) is 13.8 Å². The zero-order valence-electron chi connectivity index (χ0n) is 9.62. The Balaban J connectivity index is 2.39. The van der Waals surface area contributed by atoms with E-state index in [0.29, 0.717) is 22.9 Å². The molecule has 17 heavy (non-hydrogen) atoms. The highest BCUT2D eigenvalue weighted by molar-refractivity contribution is 6.58. The van der Waals surface area contributed by atoms with Crippen molar-refractivity contribution in [1.29, 1.82) is 0 Å². The maximum absolute atomic E-state index is 8.99. The van der Waals surface area contributed by atoms with E-state index < -0.39 is 7.12 Å². The van der Waals surface area contributed by atoms with Gasteiger partial charge in [-0.25, -0.2) is 15.0 Å². The number of nitrogens with zero attached hydrogens (tertiary/aromatic N) is 3. The second kappa shape index (κ2) is 4.61. The van der Waals surface area contributed by atoms with Crippen LogP contribution in [0.5, 0.6) is 0 Å². The number of benzene rings is 1. The molecule has 1 aromatic heterocycles. The summed E-state index contributed by atoms with van der Waals surface area (Å²) in [4.78, 5) is 12.6. The number of aromatic nitrogens is 3. The maximum Gasteiger partial charge on any atom is 0.488 e. The lowest BCUT2D eigenvalue weighted by molar-refractivity contribution is 0.426. The normalized spacial score (nSPS) is 10.4. The van der Waals surface area contributed by atoms with Crippen molar-refractivity contribution in [1.82, 2.24) is 15.0 Å². The van der Waals surface area contributed by atoms with E-state index in [9.17, 15) is 0 Å². The van der Waals surface area contributed by atoms with Gasteiger partial charge in [0.25, 0.3) is 0 Å². The van der Waals surface area contributed by atoms with Crippen LogP contribution >= 0.6 is 0 Å². The third-order valence-corrected chi connectivity index (χ3v) is 2.33. The van der Waals surface area contributed by atoms with Crippen molar-refractivity contribution in [2.75, 3.05) is 0 Å². The fourth-order valence-electron chi connectivity index (χ4n) is 1.55. The van der Waals surface area contributed by atoms with Crippen LogP contribution < -0.4 is 5.46 Å². The highest BCUT2D eigenvalue weighted by Gasteiger charge is 2.11. The molecule has 6 heteroatoms. The Morgan fingerprint density at radius 3 is 1.88 bits per heavy atom. The lowest BCUT2D eigenvalue weighted by Crippen LogP contribution is -2.29. The summed E-state index contributed by atoms with van der Waals surface area (Å²) >= 11 is 0. The van der Waals surface area contributed by atoms with E-state index in [0.717, 1.165) is 5.56 Å². The summed E-state index contributed by atoms with van der Waals surface area (Å²) in [6.07, 6.45) is 0. The van der Waals surface area contributed by atoms with Crippen molar-refractivity contribution in [3.63, 3.8) is 0 Å². The van der Waals surface area contributed by atoms with Crippen molar-refractivity contribution < 1.29 is 10.0 Å². The molecule has 0 saturated carbocycles. The highest BCUT2D eigenvalue weighted by atomic mass is 16.4. The SMILES string of the molecule is Cc1nc(C)nc(-c2ccc(B(O)O)cc2)n1. The molecule has 0 unspecified atom stereocenters. The minimum Gasteiger partial charge on any atom is -0.423 e. The van der Waals surface area contributed by atoms with E-state index >= 15 is 0 Å². The molecule has 1 heterocycles. The van der Waals surface area contributed by atoms with Crippen LogP contribution in [0, 0.1) is 13.8 Å². The van der Waals surface area contributed by atoms with Crippen LogP contribution in [0.1, 0.15) is 11.6 Å². The van der Waals surface area contributed by atoms with E-state index in [1.54, 1.807) is 24.3 Å². The monoisotopic (exact) mass is 229 g/mol. The van der Waals surface area contributed by atoms with E-state index in [4.69, 9.17) is 10.0 Å². The average Bonchev–Trinajstić information content (AvgIpc) is 2.28. The molecule has 1 aromatic carbocycles. The number of aryl methyl sites for hydroxylation is 2. The summed E-state index contributed by atoms with van der Waals surface area (Å²) in [6, 6.07) is 6.77. The largest absolute Gasteiger partial charge is 0.488 e. The Labute approximate surface area is 99.4 Å². The topological polar surface area (TPSA) is 79.1 Å². The molecule has 0 bridgehead atoms. The number of rotatable bonds is 2. The van der Waals surface area contributed by atoms with Crippen molar-refractivity contribution in [3.05, 3.63) is 35.9 Å². The molecule has 0 saturated heterocycles. The second-order valence-electron chi connectivity index (χ2n) is 3.75. The molecule has 2 aromatic rings. The Morgan fingerprint density at radius 1 is 0.882 bits per heavy atom. The van der Waals surface area contributed by atoms with Gasteiger partial charge in [0, 0.05) is 5.56 Å². The number of hydrogen-bond acceptors (Lipinski definition) is 5. The molecule has 0 aliphatic rings. The van der Waals surface area contributed by atoms with Gasteiger partial charge in [0.1, 0.15) is 11.6 Å². The summed E-state index contributed by atoms with van der Waals surface area (Å²) in [5.41, 5.74) is 1.26. The van der Waals surface area contributed by atoms with Gasteiger partial charge in [-0.3, -0.25) is 0 Å². The second-order valence-corrected chi connectivity index (χ2v) is 3.75. The van der Waals surface area contributed by atoms with Crippen LogP contribution in [0.25, 0.3) is 11.4 Å². The smallest absolute Gasteiger partial charge is 0.423 e. The first kappa shape index (κ1) is 11.7. The first-order chi connectivity index (χ1) is 8.06. The third-order valence-electron chi connectivity index (χ3n) is 2.33. The van der Waals surface area contributed by atoms with Crippen LogP contribution in [0.3, 0.4) is 0 Å². The molecule has 0 radical (unpaired) electrons. The van der Waals surface area contributed by atoms with Gasteiger partial charge in [0.15, 0.2) is 5.82 Å². The van der Waals surface area contributed by atoms with E-state index in [2.05, 4.69) is 15.0 Å².